The van der Waals surface area contributed by atoms with Crippen molar-refractivity contribution in [3.05, 3.63) is 52.5 Å². The monoisotopic (exact) mass is 727 g/mol. The predicted molar refractivity (Wildman–Crippen MR) is 201 cm³/mol. The smallest absolute Gasteiger partial charge is 0.226 e. The Hall–Kier alpha value is -3.19. The number of ether oxygens (including phenoxy) is 2. The van der Waals surface area contributed by atoms with E-state index in [0.717, 1.165) is 17.0 Å². The van der Waals surface area contributed by atoms with Crippen molar-refractivity contribution in [1.82, 2.24) is 20.1 Å². The fourth-order valence-corrected chi connectivity index (χ4v) is 7.97. The highest BCUT2D eigenvalue weighted by atomic mass is 32.1. The number of nitrogens with one attached hydrogen (secondary N) is 1. The number of carbonyl (C=O) groups is 4. The van der Waals surface area contributed by atoms with Crippen LogP contribution in [0.3, 0.4) is 0 Å². The summed E-state index contributed by atoms with van der Waals surface area (Å²) in [5.74, 6) is -1.86. The summed E-state index contributed by atoms with van der Waals surface area (Å²) >= 11 is 1.50. The Morgan fingerprint density at radius 2 is 1.71 bits per heavy atom. The topological polar surface area (TPSA) is 144 Å². The van der Waals surface area contributed by atoms with Crippen LogP contribution in [0.5, 0.6) is 0 Å². The number of likely N-dealkylation sites (N-methyl/N-ethyl adjacent to an activating group) is 1. The lowest BCUT2D eigenvalue weighted by Gasteiger charge is -2.40. The maximum atomic E-state index is 14.1. The molecule has 0 aliphatic carbocycles. The van der Waals surface area contributed by atoms with Crippen molar-refractivity contribution in [1.29, 1.82) is 0 Å². The van der Waals surface area contributed by atoms with Gasteiger partial charge in [0, 0.05) is 51.7 Å². The van der Waals surface area contributed by atoms with E-state index in [9.17, 15) is 19.2 Å². The molecule has 2 heterocycles. The number of nitrogens with zero attached hydrogens (tertiary/aromatic N) is 3. The molecule has 12 heteroatoms. The SMILES string of the molecule is CO[C@H]([C@@H](C)C(=O)N[C@@H](Cc1ccccc1)c1nccs1)[C@@H]1CCCN1C(=O)C[C@@H](OC)[C@H](C(C)C)N(C)C(=O)[C@@H](CC(=O)C(C)(C)N)C(C)C. The van der Waals surface area contributed by atoms with Gasteiger partial charge in [-0.3, -0.25) is 19.2 Å². The number of hydrogen-bond acceptors (Lipinski definition) is 9. The Bertz CT molecular complexity index is 1410. The van der Waals surface area contributed by atoms with Crippen LogP contribution in [0.2, 0.25) is 0 Å². The van der Waals surface area contributed by atoms with Crippen molar-refractivity contribution in [2.45, 2.75) is 116 Å². The molecule has 0 unspecified atom stereocenters. The summed E-state index contributed by atoms with van der Waals surface area (Å²) in [6.07, 6.45) is 2.79. The lowest BCUT2D eigenvalue weighted by atomic mass is 9.83. The maximum Gasteiger partial charge on any atom is 0.226 e. The highest BCUT2D eigenvalue weighted by Gasteiger charge is 2.43. The van der Waals surface area contributed by atoms with Crippen molar-refractivity contribution in [2.24, 2.45) is 29.4 Å². The number of Topliss-reactive ketones (excluding diaryl/α,β-unsaturated/α-hetero) is 1. The van der Waals surface area contributed by atoms with Crippen LogP contribution in [0, 0.1) is 23.7 Å². The number of hydrogen-bond donors (Lipinski definition) is 2. The fourth-order valence-electron chi connectivity index (χ4n) is 7.29. The number of likely N-dealkylation sites (tertiary alicyclic amines) is 1. The summed E-state index contributed by atoms with van der Waals surface area (Å²) in [5, 5.41) is 5.95. The number of ketones is 1. The van der Waals surface area contributed by atoms with E-state index in [1.165, 1.54) is 11.3 Å². The van der Waals surface area contributed by atoms with Gasteiger partial charge in [0.05, 0.1) is 48.2 Å². The minimum absolute atomic E-state index is 0.0438. The zero-order chi connectivity index (χ0) is 38.0. The first-order valence-electron chi connectivity index (χ1n) is 18.2. The van der Waals surface area contributed by atoms with Crippen molar-refractivity contribution in [2.75, 3.05) is 27.8 Å². The molecule has 3 rings (SSSR count). The van der Waals surface area contributed by atoms with E-state index in [2.05, 4.69) is 10.3 Å². The summed E-state index contributed by atoms with van der Waals surface area (Å²) in [5.41, 5.74) is 6.12. The zero-order valence-electron chi connectivity index (χ0n) is 32.3. The minimum atomic E-state index is -1.04. The molecule has 0 spiro atoms. The normalized spacial score (nSPS) is 18.6. The van der Waals surface area contributed by atoms with Crippen molar-refractivity contribution >= 4 is 34.8 Å². The largest absolute Gasteiger partial charge is 0.379 e. The van der Waals surface area contributed by atoms with Crippen LogP contribution in [-0.2, 0) is 35.1 Å². The number of methoxy groups -OCH3 is 2. The first-order chi connectivity index (χ1) is 24.0. The van der Waals surface area contributed by atoms with Gasteiger partial charge in [-0.25, -0.2) is 4.98 Å². The summed E-state index contributed by atoms with van der Waals surface area (Å²) in [6.45, 7) is 13.6. The van der Waals surface area contributed by atoms with E-state index in [1.807, 2.05) is 75.2 Å². The molecule has 0 saturated carbocycles. The van der Waals surface area contributed by atoms with Crippen LogP contribution >= 0.6 is 11.3 Å². The van der Waals surface area contributed by atoms with Gasteiger partial charge in [0.1, 0.15) is 5.01 Å². The molecule has 1 aromatic carbocycles. The lowest BCUT2D eigenvalue weighted by molar-refractivity contribution is -0.149. The van der Waals surface area contributed by atoms with Crippen molar-refractivity contribution < 1.29 is 28.7 Å². The van der Waals surface area contributed by atoms with Crippen LogP contribution in [0.4, 0.5) is 0 Å². The minimum Gasteiger partial charge on any atom is -0.379 e. The zero-order valence-corrected chi connectivity index (χ0v) is 33.1. The van der Waals surface area contributed by atoms with Gasteiger partial charge in [0.2, 0.25) is 17.7 Å². The number of amides is 3. The third-order valence-electron chi connectivity index (χ3n) is 10.3. The number of aromatic nitrogens is 1. The maximum absolute atomic E-state index is 14.1. The van der Waals surface area contributed by atoms with Gasteiger partial charge < -0.3 is 30.3 Å². The van der Waals surface area contributed by atoms with E-state index < -0.39 is 35.6 Å². The fraction of sp³-hybridized carbons (Fsp3) is 0.667. The van der Waals surface area contributed by atoms with Gasteiger partial charge in [-0.1, -0.05) is 65.0 Å². The molecule has 3 N–H and O–H groups in total. The molecule has 0 radical (unpaired) electrons. The van der Waals surface area contributed by atoms with E-state index in [1.54, 1.807) is 46.2 Å². The number of nitrogens with two attached hydrogens (primary N) is 1. The molecule has 3 amide bonds. The molecular weight excluding hydrogens is 667 g/mol. The molecule has 2 aromatic rings. The Kier molecular flexibility index (Phi) is 15.8. The van der Waals surface area contributed by atoms with Crippen molar-refractivity contribution in [3.8, 4) is 0 Å². The first-order valence-corrected chi connectivity index (χ1v) is 19.1. The summed E-state index contributed by atoms with van der Waals surface area (Å²) in [6, 6.07) is 8.96. The standard InChI is InChI=1S/C39H61N5O6S/c1-24(2)28(22-32(45)39(6,7)40)38(48)43(8)34(25(3)4)31(49-9)23-33(46)44-19-14-17-30(44)35(50-10)26(5)36(47)42-29(37-41-18-20-51-37)21-27-15-12-11-13-16-27/h11-13,15-16,18,20,24-26,28-31,34-35H,14,17,19,21-23,40H2,1-10H3,(H,42,47)/t26-,28+,29+,30+,31-,34+,35-/m1/s1. The third-order valence-corrected chi connectivity index (χ3v) is 11.2. The van der Waals surface area contributed by atoms with Crippen LogP contribution in [0.15, 0.2) is 41.9 Å². The van der Waals surface area contributed by atoms with E-state index in [-0.39, 0.29) is 60.3 Å². The van der Waals surface area contributed by atoms with Crippen LogP contribution < -0.4 is 11.1 Å². The average molecular weight is 728 g/mol. The molecule has 1 aromatic heterocycles. The predicted octanol–water partition coefficient (Wildman–Crippen LogP) is 5.04. The van der Waals surface area contributed by atoms with E-state index in [0.29, 0.717) is 19.4 Å². The van der Waals surface area contributed by atoms with E-state index >= 15 is 0 Å². The number of benzene rings is 1. The second-order valence-corrected chi connectivity index (χ2v) is 16.2. The molecule has 284 valence electrons. The molecule has 7 atom stereocenters. The molecular formula is C39H61N5O6S. The molecule has 1 aliphatic heterocycles. The van der Waals surface area contributed by atoms with Gasteiger partial charge in [-0.15, -0.1) is 11.3 Å². The highest BCUT2D eigenvalue weighted by molar-refractivity contribution is 7.09. The summed E-state index contributed by atoms with van der Waals surface area (Å²) in [4.78, 5) is 62.7. The summed E-state index contributed by atoms with van der Waals surface area (Å²) in [7, 11) is 4.88. The van der Waals surface area contributed by atoms with Gasteiger partial charge in [0.25, 0.3) is 0 Å². The average Bonchev–Trinajstić information content (AvgIpc) is 3.79. The quantitative estimate of drug-likeness (QED) is 0.205. The van der Waals surface area contributed by atoms with Gasteiger partial charge >= 0.3 is 0 Å². The van der Waals surface area contributed by atoms with Crippen molar-refractivity contribution in [3.63, 3.8) is 0 Å². The van der Waals surface area contributed by atoms with Gasteiger partial charge in [-0.2, -0.15) is 0 Å². The second-order valence-electron chi connectivity index (χ2n) is 15.3. The third kappa shape index (κ3) is 11.2. The molecule has 51 heavy (non-hydrogen) atoms. The Balaban J connectivity index is 1.76. The van der Waals surface area contributed by atoms with Gasteiger partial charge in [0.15, 0.2) is 5.78 Å². The lowest BCUT2D eigenvalue weighted by Crippen LogP contribution is -2.54. The van der Waals surface area contributed by atoms with Crippen LogP contribution in [0.1, 0.15) is 90.8 Å². The molecule has 0 bridgehead atoms. The Morgan fingerprint density at radius 1 is 1.04 bits per heavy atom. The Morgan fingerprint density at radius 3 is 2.24 bits per heavy atom. The molecule has 11 nitrogen and oxygen atoms in total. The van der Waals surface area contributed by atoms with Crippen LogP contribution in [-0.4, -0.2) is 95.9 Å². The molecule has 1 fully saturated rings. The summed E-state index contributed by atoms with van der Waals surface area (Å²) < 4.78 is 11.9. The highest BCUT2D eigenvalue weighted by Crippen LogP contribution is 2.31. The molecule has 1 saturated heterocycles. The number of thiazole rings is 1. The van der Waals surface area contributed by atoms with Gasteiger partial charge in [-0.05, 0) is 50.5 Å². The molecule has 1 aliphatic rings. The first kappa shape index (κ1) is 42.2. The second kappa shape index (κ2) is 19.0. The Labute approximate surface area is 309 Å². The van der Waals surface area contributed by atoms with E-state index in [4.69, 9.17) is 15.2 Å². The number of rotatable bonds is 19. The van der Waals surface area contributed by atoms with Crippen LogP contribution in [0.25, 0.3) is 0 Å². The number of carbonyl (C=O) groups excluding carboxylic acids is 4.